The maximum absolute atomic E-state index is 5.94. The first-order valence-electron chi connectivity index (χ1n) is 6.92. The molecule has 1 saturated carbocycles. The number of thioether (sulfide) groups is 2. The lowest BCUT2D eigenvalue weighted by atomic mass is 10.1. The monoisotopic (exact) mass is 281 g/mol. The van der Waals surface area contributed by atoms with Crippen LogP contribution in [0.4, 0.5) is 0 Å². The zero-order valence-corrected chi connectivity index (χ0v) is 12.8. The molecule has 18 heavy (non-hydrogen) atoms. The van der Waals surface area contributed by atoms with Crippen LogP contribution in [0.25, 0.3) is 0 Å². The largest absolute Gasteiger partial charge is 0.326 e. The van der Waals surface area contributed by atoms with E-state index in [1.807, 2.05) is 23.5 Å². The van der Waals surface area contributed by atoms with Crippen molar-refractivity contribution in [2.24, 2.45) is 11.7 Å². The van der Waals surface area contributed by atoms with Crippen molar-refractivity contribution in [1.82, 2.24) is 0 Å². The minimum atomic E-state index is 0.663. The van der Waals surface area contributed by atoms with Crippen LogP contribution in [0.5, 0.6) is 0 Å². The molecule has 1 aliphatic rings. The lowest BCUT2D eigenvalue weighted by Crippen LogP contribution is -2.03. The molecule has 2 N–H and O–H groups in total. The molecule has 1 fully saturated rings. The Morgan fingerprint density at radius 3 is 2.44 bits per heavy atom. The molecule has 0 unspecified atom stereocenters. The number of rotatable bonds is 6. The summed E-state index contributed by atoms with van der Waals surface area (Å²) in [7, 11) is 0. The van der Waals surface area contributed by atoms with Crippen LogP contribution in [0.3, 0.4) is 0 Å². The summed E-state index contributed by atoms with van der Waals surface area (Å²) in [5, 5.41) is 0. The van der Waals surface area contributed by atoms with Crippen LogP contribution in [0.15, 0.2) is 28.0 Å². The molecule has 0 radical (unpaired) electrons. The second-order valence-electron chi connectivity index (χ2n) is 4.83. The van der Waals surface area contributed by atoms with E-state index in [4.69, 9.17) is 5.73 Å². The second-order valence-corrected chi connectivity index (χ2v) is 7.20. The van der Waals surface area contributed by atoms with Crippen LogP contribution >= 0.6 is 23.5 Å². The first-order chi connectivity index (χ1) is 8.85. The van der Waals surface area contributed by atoms with Crippen molar-refractivity contribution in [2.45, 2.75) is 48.9 Å². The molecule has 1 aromatic rings. The SMILES string of the molecule is CCSc1cccc(SCC2CCCC2)c1CN. The van der Waals surface area contributed by atoms with Gasteiger partial charge >= 0.3 is 0 Å². The average molecular weight is 281 g/mol. The van der Waals surface area contributed by atoms with Gasteiger partial charge in [0.15, 0.2) is 0 Å². The van der Waals surface area contributed by atoms with Gasteiger partial charge in [-0.05, 0) is 42.2 Å². The van der Waals surface area contributed by atoms with E-state index in [2.05, 4.69) is 25.1 Å². The first kappa shape index (κ1) is 14.3. The summed E-state index contributed by atoms with van der Waals surface area (Å²) >= 11 is 3.92. The van der Waals surface area contributed by atoms with Crippen molar-refractivity contribution in [3.63, 3.8) is 0 Å². The molecule has 0 saturated heterocycles. The van der Waals surface area contributed by atoms with Gasteiger partial charge in [0.2, 0.25) is 0 Å². The molecule has 0 amide bonds. The van der Waals surface area contributed by atoms with Crippen LogP contribution in [0, 0.1) is 5.92 Å². The summed E-state index contributed by atoms with van der Waals surface area (Å²) in [4.78, 5) is 2.78. The van der Waals surface area contributed by atoms with Crippen molar-refractivity contribution in [2.75, 3.05) is 11.5 Å². The summed E-state index contributed by atoms with van der Waals surface area (Å²) in [6, 6.07) is 6.62. The van der Waals surface area contributed by atoms with Gasteiger partial charge in [0.05, 0.1) is 0 Å². The van der Waals surface area contributed by atoms with Gasteiger partial charge in [-0.3, -0.25) is 0 Å². The molecule has 0 aliphatic heterocycles. The lowest BCUT2D eigenvalue weighted by Gasteiger charge is -2.14. The second kappa shape index (κ2) is 7.46. The molecule has 2 rings (SSSR count). The van der Waals surface area contributed by atoms with Gasteiger partial charge in [0.1, 0.15) is 0 Å². The van der Waals surface area contributed by atoms with Crippen molar-refractivity contribution < 1.29 is 0 Å². The van der Waals surface area contributed by atoms with E-state index < -0.39 is 0 Å². The summed E-state index contributed by atoms with van der Waals surface area (Å²) in [6.07, 6.45) is 5.71. The fourth-order valence-corrected chi connectivity index (χ4v) is 4.77. The quantitative estimate of drug-likeness (QED) is 0.775. The lowest BCUT2D eigenvalue weighted by molar-refractivity contribution is 0.623. The van der Waals surface area contributed by atoms with Crippen molar-refractivity contribution in [3.8, 4) is 0 Å². The molecule has 0 heterocycles. The summed E-state index contributed by atoms with van der Waals surface area (Å²) < 4.78 is 0. The molecular formula is C15H23NS2. The summed E-state index contributed by atoms with van der Waals surface area (Å²) in [6.45, 7) is 2.86. The predicted octanol–water partition coefficient (Wildman–Crippen LogP) is 4.54. The van der Waals surface area contributed by atoms with Gasteiger partial charge in [0.25, 0.3) is 0 Å². The van der Waals surface area contributed by atoms with Gasteiger partial charge in [-0.25, -0.2) is 0 Å². The molecular weight excluding hydrogens is 258 g/mol. The third kappa shape index (κ3) is 3.69. The summed E-state index contributed by atoms with van der Waals surface area (Å²) in [5.41, 5.74) is 7.29. The number of benzene rings is 1. The molecule has 0 aromatic heterocycles. The third-order valence-corrected chi connectivity index (χ3v) is 5.86. The van der Waals surface area contributed by atoms with Gasteiger partial charge in [-0.1, -0.05) is 25.8 Å². The Morgan fingerprint density at radius 1 is 1.17 bits per heavy atom. The van der Waals surface area contributed by atoms with Crippen molar-refractivity contribution in [1.29, 1.82) is 0 Å². The number of hydrogen-bond acceptors (Lipinski definition) is 3. The Kier molecular flexibility index (Phi) is 5.93. The van der Waals surface area contributed by atoms with Crippen LogP contribution in [-0.4, -0.2) is 11.5 Å². The topological polar surface area (TPSA) is 26.0 Å². The molecule has 100 valence electrons. The minimum Gasteiger partial charge on any atom is -0.326 e. The van der Waals surface area contributed by atoms with Gasteiger partial charge in [-0.2, -0.15) is 0 Å². The van der Waals surface area contributed by atoms with Crippen LogP contribution < -0.4 is 5.73 Å². The summed E-state index contributed by atoms with van der Waals surface area (Å²) in [5.74, 6) is 3.32. The normalized spacial score (nSPS) is 16.3. The predicted molar refractivity (Wildman–Crippen MR) is 83.4 cm³/mol. The van der Waals surface area contributed by atoms with E-state index in [9.17, 15) is 0 Å². The first-order valence-corrected chi connectivity index (χ1v) is 8.89. The van der Waals surface area contributed by atoms with Gasteiger partial charge in [-0.15, -0.1) is 23.5 Å². The van der Waals surface area contributed by atoms with E-state index in [0.29, 0.717) is 6.54 Å². The Bertz CT molecular complexity index is 373. The maximum Gasteiger partial charge on any atom is 0.0200 e. The maximum atomic E-state index is 5.94. The number of hydrogen-bond donors (Lipinski definition) is 1. The third-order valence-electron chi connectivity index (χ3n) is 3.54. The molecule has 1 aliphatic carbocycles. The van der Waals surface area contributed by atoms with E-state index in [1.165, 1.54) is 46.8 Å². The van der Waals surface area contributed by atoms with Gasteiger partial charge < -0.3 is 5.73 Å². The Morgan fingerprint density at radius 2 is 1.83 bits per heavy atom. The fourth-order valence-electron chi connectivity index (χ4n) is 2.56. The zero-order chi connectivity index (χ0) is 12.8. The number of nitrogens with two attached hydrogens (primary N) is 1. The minimum absolute atomic E-state index is 0.663. The highest BCUT2D eigenvalue weighted by atomic mass is 32.2. The van der Waals surface area contributed by atoms with E-state index >= 15 is 0 Å². The highest BCUT2D eigenvalue weighted by molar-refractivity contribution is 8.00. The van der Waals surface area contributed by atoms with Crippen LogP contribution in [-0.2, 0) is 6.54 Å². The van der Waals surface area contributed by atoms with E-state index in [1.54, 1.807) is 0 Å². The highest BCUT2D eigenvalue weighted by Gasteiger charge is 2.16. The van der Waals surface area contributed by atoms with E-state index in [0.717, 1.165) is 11.7 Å². The molecule has 1 nitrogen and oxygen atoms in total. The van der Waals surface area contributed by atoms with E-state index in [-0.39, 0.29) is 0 Å². The fraction of sp³-hybridized carbons (Fsp3) is 0.600. The molecule has 1 aromatic carbocycles. The Hall–Kier alpha value is -0.120. The molecule has 0 spiro atoms. The Balaban J connectivity index is 2.03. The van der Waals surface area contributed by atoms with Crippen LogP contribution in [0.2, 0.25) is 0 Å². The van der Waals surface area contributed by atoms with Gasteiger partial charge in [0, 0.05) is 22.1 Å². The standard InChI is InChI=1S/C15H23NS2/c1-2-17-14-8-5-9-15(13(14)10-16)18-11-12-6-3-4-7-12/h5,8-9,12H,2-4,6-7,10-11,16H2,1H3. The molecule has 3 heteroatoms. The Labute approximate surface area is 119 Å². The van der Waals surface area contributed by atoms with Crippen molar-refractivity contribution >= 4 is 23.5 Å². The molecule has 0 bridgehead atoms. The molecule has 0 atom stereocenters. The highest BCUT2D eigenvalue weighted by Crippen LogP contribution is 2.35. The average Bonchev–Trinajstić information content (AvgIpc) is 2.90. The van der Waals surface area contributed by atoms with Crippen LogP contribution in [0.1, 0.15) is 38.2 Å². The zero-order valence-electron chi connectivity index (χ0n) is 11.2. The van der Waals surface area contributed by atoms with Crippen molar-refractivity contribution in [3.05, 3.63) is 23.8 Å². The smallest absolute Gasteiger partial charge is 0.0200 e.